The van der Waals surface area contributed by atoms with Crippen LogP contribution in [0.15, 0.2) is 0 Å². The molecule has 1 N–H and O–H groups in total. The van der Waals surface area contributed by atoms with Gasteiger partial charge in [0.2, 0.25) is 9.92 Å². The van der Waals surface area contributed by atoms with Gasteiger partial charge < -0.3 is 9.41 Å². The Morgan fingerprint density at radius 1 is 0.667 bits per heavy atom. The minimum absolute atomic E-state index is 0.245. The Balaban J connectivity index is 3.54. The molecule has 0 bridgehead atoms. The molecule has 2 nitrogen and oxygen atoms in total. The molecule has 0 heterocycles. The summed E-state index contributed by atoms with van der Waals surface area (Å²) >= 11 is 0. The third kappa shape index (κ3) is 16.8. The largest absolute Gasteiger partial charge is 0.412 e. The van der Waals surface area contributed by atoms with Gasteiger partial charge in [-0.2, -0.15) is 0 Å². The Hall–Kier alpha value is 0.137. The molecule has 164 valence electrons. The van der Waals surface area contributed by atoms with Crippen molar-refractivity contribution in [3.05, 3.63) is 0 Å². The smallest absolute Gasteiger partial charge is 0.235 e. The molecule has 0 aromatic carbocycles. The zero-order chi connectivity index (χ0) is 20.2. The molecule has 0 saturated heterocycles. The van der Waals surface area contributed by atoms with Gasteiger partial charge in [0, 0.05) is 12.6 Å². The molecular formula is C24H53NOSi. The molecule has 0 saturated carbocycles. The van der Waals surface area contributed by atoms with Crippen molar-refractivity contribution in [2.45, 2.75) is 142 Å². The van der Waals surface area contributed by atoms with E-state index < -0.39 is 9.92 Å². The van der Waals surface area contributed by atoms with Crippen molar-refractivity contribution in [2.24, 2.45) is 5.92 Å². The number of nitrogens with one attached hydrogen (secondary N) is 1. The maximum absolute atomic E-state index is 5.36. The standard InChI is InChI=1S/C24H53NOSi/c1-6-8-9-10-11-12-13-14-15-16-17-18-19-20-22-23(21-7-2)24(3,4)25-27-26-5/h23,25H,6-22,27H2,1-5H3. The first kappa shape index (κ1) is 27.1. The van der Waals surface area contributed by atoms with E-state index in [0.29, 0.717) is 0 Å². The molecule has 1 unspecified atom stereocenters. The normalized spacial score (nSPS) is 13.7. The van der Waals surface area contributed by atoms with Crippen molar-refractivity contribution in [3.8, 4) is 0 Å². The Labute approximate surface area is 175 Å². The summed E-state index contributed by atoms with van der Waals surface area (Å²) in [5.41, 5.74) is 0.245. The van der Waals surface area contributed by atoms with E-state index in [1.54, 1.807) is 0 Å². The van der Waals surface area contributed by atoms with Crippen molar-refractivity contribution in [3.63, 3.8) is 0 Å². The fourth-order valence-electron chi connectivity index (χ4n) is 4.20. The lowest BCUT2D eigenvalue weighted by Gasteiger charge is -2.35. The van der Waals surface area contributed by atoms with Gasteiger partial charge in [-0.15, -0.1) is 0 Å². The van der Waals surface area contributed by atoms with Crippen LogP contribution in [0, 0.1) is 5.92 Å². The molecule has 0 spiro atoms. The van der Waals surface area contributed by atoms with Gasteiger partial charge in [-0.1, -0.05) is 110 Å². The highest BCUT2D eigenvalue weighted by Gasteiger charge is 2.27. The molecule has 1 atom stereocenters. The summed E-state index contributed by atoms with van der Waals surface area (Å²) < 4.78 is 5.36. The van der Waals surface area contributed by atoms with Crippen LogP contribution in [0.2, 0.25) is 0 Å². The Morgan fingerprint density at radius 2 is 1.11 bits per heavy atom. The van der Waals surface area contributed by atoms with Crippen LogP contribution in [-0.2, 0) is 4.43 Å². The minimum atomic E-state index is -0.547. The van der Waals surface area contributed by atoms with Crippen molar-refractivity contribution < 1.29 is 4.43 Å². The lowest BCUT2D eigenvalue weighted by Crippen LogP contribution is -2.48. The summed E-state index contributed by atoms with van der Waals surface area (Å²) in [7, 11) is 1.28. The van der Waals surface area contributed by atoms with E-state index in [4.69, 9.17) is 4.43 Å². The third-order valence-electron chi connectivity index (χ3n) is 6.24. The maximum atomic E-state index is 5.36. The average molecular weight is 400 g/mol. The van der Waals surface area contributed by atoms with Gasteiger partial charge in [-0.05, 0) is 32.6 Å². The highest BCUT2D eigenvalue weighted by Crippen LogP contribution is 2.27. The lowest BCUT2D eigenvalue weighted by atomic mass is 9.81. The monoisotopic (exact) mass is 399 g/mol. The molecule has 0 aromatic heterocycles. The molecule has 0 radical (unpaired) electrons. The Morgan fingerprint density at radius 3 is 1.52 bits per heavy atom. The second-order valence-corrected chi connectivity index (χ2v) is 10.4. The van der Waals surface area contributed by atoms with E-state index in [-0.39, 0.29) is 5.54 Å². The van der Waals surface area contributed by atoms with E-state index in [2.05, 4.69) is 32.7 Å². The first-order valence-electron chi connectivity index (χ1n) is 12.3. The van der Waals surface area contributed by atoms with Gasteiger partial charge in [0.15, 0.2) is 0 Å². The fraction of sp³-hybridized carbons (Fsp3) is 1.00. The number of hydrogen-bond donors (Lipinski definition) is 1. The van der Waals surface area contributed by atoms with Gasteiger partial charge in [-0.25, -0.2) is 0 Å². The van der Waals surface area contributed by atoms with Crippen LogP contribution in [0.25, 0.3) is 0 Å². The van der Waals surface area contributed by atoms with Gasteiger partial charge in [0.25, 0.3) is 0 Å². The van der Waals surface area contributed by atoms with Gasteiger partial charge in [-0.3, -0.25) is 0 Å². The summed E-state index contributed by atoms with van der Waals surface area (Å²) in [6.07, 6.45) is 24.3. The predicted octanol–water partition coefficient (Wildman–Crippen LogP) is 7.29. The van der Waals surface area contributed by atoms with Crippen LogP contribution >= 0.6 is 0 Å². The third-order valence-corrected chi connectivity index (χ3v) is 7.58. The molecule has 0 rings (SSSR count). The van der Waals surface area contributed by atoms with Crippen molar-refractivity contribution in [1.29, 1.82) is 0 Å². The molecule has 27 heavy (non-hydrogen) atoms. The number of unbranched alkanes of at least 4 members (excludes halogenated alkanes) is 13. The summed E-state index contributed by atoms with van der Waals surface area (Å²) in [4.78, 5) is 3.71. The number of rotatable bonds is 21. The molecule has 3 heteroatoms. The average Bonchev–Trinajstić information content (AvgIpc) is 2.65. The van der Waals surface area contributed by atoms with Crippen LogP contribution in [0.1, 0.15) is 137 Å². The second kappa shape index (κ2) is 19.5. The minimum Gasteiger partial charge on any atom is -0.412 e. The molecular weight excluding hydrogens is 346 g/mol. The zero-order valence-corrected chi connectivity index (χ0v) is 21.1. The predicted molar refractivity (Wildman–Crippen MR) is 126 cm³/mol. The molecule has 0 aromatic rings. The summed E-state index contributed by atoms with van der Waals surface area (Å²) in [5, 5.41) is 0. The van der Waals surface area contributed by atoms with Crippen LogP contribution in [0.3, 0.4) is 0 Å². The zero-order valence-electron chi connectivity index (χ0n) is 19.7. The van der Waals surface area contributed by atoms with Crippen molar-refractivity contribution in [1.82, 2.24) is 4.98 Å². The first-order chi connectivity index (χ1) is 13.1. The highest BCUT2D eigenvalue weighted by molar-refractivity contribution is 6.23. The van der Waals surface area contributed by atoms with E-state index in [0.717, 1.165) is 5.92 Å². The first-order valence-corrected chi connectivity index (χ1v) is 13.6. The summed E-state index contributed by atoms with van der Waals surface area (Å²) in [5.74, 6) is 0.794. The molecule has 0 amide bonds. The molecule has 0 aliphatic carbocycles. The topological polar surface area (TPSA) is 21.3 Å². The summed E-state index contributed by atoms with van der Waals surface area (Å²) in [6.45, 7) is 9.38. The van der Waals surface area contributed by atoms with E-state index in [1.807, 2.05) is 7.11 Å². The second-order valence-electron chi connectivity index (χ2n) is 9.20. The van der Waals surface area contributed by atoms with Crippen LogP contribution in [0.4, 0.5) is 0 Å². The van der Waals surface area contributed by atoms with E-state index >= 15 is 0 Å². The highest BCUT2D eigenvalue weighted by atomic mass is 28.2. The number of hydrogen-bond acceptors (Lipinski definition) is 2. The van der Waals surface area contributed by atoms with Crippen molar-refractivity contribution in [2.75, 3.05) is 7.11 Å². The van der Waals surface area contributed by atoms with Gasteiger partial charge in [0.05, 0.1) is 0 Å². The van der Waals surface area contributed by atoms with Crippen LogP contribution in [-0.4, -0.2) is 22.6 Å². The summed E-state index contributed by atoms with van der Waals surface area (Å²) in [6, 6.07) is 0. The quantitative estimate of drug-likeness (QED) is 0.162. The van der Waals surface area contributed by atoms with Crippen LogP contribution < -0.4 is 4.98 Å². The SMILES string of the molecule is CCCCCCCCCCCCCCCCC(CCC)C(C)(C)N[SiH2]OC. The molecule has 0 aliphatic heterocycles. The Bertz CT molecular complexity index is 296. The molecule has 0 aliphatic rings. The lowest BCUT2D eigenvalue weighted by molar-refractivity contribution is 0.241. The Kier molecular flexibility index (Phi) is 19.6. The maximum Gasteiger partial charge on any atom is 0.235 e. The van der Waals surface area contributed by atoms with E-state index in [9.17, 15) is 0 Å². The van der Waals surface area contributed by atoms with Gasteiger partial charge >= 0.3 is 0 Å². The fourth-order valence-corrected chi connectivity index (χ4v) is 5.01. The van der Waals surface area contributed by atoms with Gasteiger partial charge in [0.1, 0.15) is 0 Å². The molecule has 0 fully saturated rings. The van der Waals surface area contributed by atoms with Crippen LogP contribution in [0.5, 0.6) is 0 Å². The van der Waals surface area contributed by atoms with Crippen molar-refractivity contribution >= 4 is 9.92 Å². The van der Waals surface area contributed by atoms with E-state index in [1.165, 1.54) is 109 Å².